The molecule has 0 bridgehead atoms. The molecule has 2 heterocycles. The van der Waals surface area contributed by atoms with E-state index in [1.54, 1.807) is 0 Å². The lowest BCUT2D eigenvalue weighted by Gasteiger charge is -2.27. The number of hydrogen-bond donors (Lipinski definition) is 1. The lowest BCUT2D eigenvalue weighted by Crippen LogP contribution is -2.34. The molecule has 0 aromatic carbocycles. The van der Waals surface area contributed by atoms with Crippen LogP contribution in [0.5, 0.6) is 0 Å². The molecule has 0 spiro atoms. The highest BCUT2D eigenvalue weighted by Crippen LogP contribution is 2.20. The summed E-state index contributed by atoms with van der Waals surface area (Å²) in [6, 6.07) is 2.37. The van der Waals surface area contributed by atoms with Crippen LogP contribution < -0.4 is 10.2 Å². The van der Waals surface area contributed by atoms with Crippen LogP contribution in [0.15, 0.2) is 6.07 Å². The molecule has 19 heavy (non-hydrogen) atoms. The number of Topliss-reactive ketones (excluding diaryl/α,β-unsaturated/α-hetero) is 1. The van der Waals surface area contributed by atoms with Crippen molar-refractivity contribution in [1.29, 1.82) is 0 Å². The Bertz CT molecular complexity index is 451. The smallest absolute Gasteiger partial charge is 0.136 e. The summed E-state index contributed by atoms with van der Waals surface area (Å²) >= 11 is 0. The molecule has 1 aliphatic heterocycles. The monoisotopic (exact) mass is 262 g/mol. The van der Waals surface area contributed by atoms with Crippen LogP contribution in [-0.2, 0) is 4.79 Å². The topological polar surface area (TPSA) is 58.1 Å². The lowest BCUT2D eigenvalue weighted by atomic mass is 10.1. The van der Waals surface area contributed by atoms with Gasteiger partial charge in [-0.25, -0.2) is 9.97 Å². The van der Waals surface area contributed by atoms with Gasteiger partial charge in [0.15, 0.2) is 0 Å². The fourth-order valence-corrected chi connectivity index (χ4v) is 2.13. The van der Waals surface area contributed by atoms with E-state index < -0.39 is 0 Å². The van der Waals surface area contributed by atoms with Gasteiger partial charge in [-0.1, -0.05) is 6.92 Å². The van der Waals surface area contributed by atoms with Crippen LogP contribution in [0, 0.1) is 6.92 Å². The zero-order valence-corrected chi connectivity index (χ0v) is 11.9. The minimum Gasteiger partial charge on any atom is -0.367 e. The SMILES string of the molecule is CCC(C)Nc1cc(N2CCC(=O)CC2)nc(C)n1. The van der Waals surface area contributed by atoms with Gasteiger partial charge in [0, 0.05) is 38.0 Å². The van der Waals surface area contributed by atoms with Crippen molar-refractivity contribution in [2.45, 2.75) is 46.1 Å². The predicted molar refractivity (Wildman–Crippen MR) is 76.6 cm³/mol. The molecule has 0 aliphatic carbocycles. The van der Waals surface area contributed by atoms with E-state index in [2.05, 4.69) is 34.0 Å². The minimum absolute atomic E-state index is 0.347. The van der Waals surface area contributed by atoms with Gasteiger partial charge in [-0.15, -0.1) is 0 Å². The Morgan fingerprint density at radius 2 is 2.05 bits per heavy atom. The number of anilines is 2. The second kappa shape index (κ2) is 5.99. The molecule has 5 nitrogen and oxygen atoms in total. The first-order valence-corrected chi connectivity index (χ1v) is 6.97. The van der Waals surface area contributed by atoms with Crippen LogP contribution in [0.3, 0.4) is 0 Å². The van der Waals surface area contributed by atoms with Gasteiger partial charge in [0.05, 0.1) is 0 Å². The van der Waals surface area contributed by atoms with Gasteiger partial charge in [-0.2, -0.15) is 0 Å². The summed E-state index contributed by atoms with van der Waals surface area (Å²) in [5, 5.41) is 3.38. The maximum absolute atomic E-state index is 11.3. The van der Waals surface area contributed by atoms with Crippen molar-refractivity contribution in [3.63, 3.8) is 0 Å². The molecule has 1 aromatic rings. The number of carbonyl (C=O) groups is 1. The molecule has 1 unspecified atom stereocenters. The number of hydrogen-bond acceptors (Lipinski definition) is 5. The third-order valence-corrected chi connectivity index (χ3v) is 3.48. The average molecular weight is 262 g/mol. The summed E-state index contributed by atoms with van der Waals surface area (Å²) < 4.78 is 0. The van der Waals surface area contributed by atoms with Crippen molar-refractivity contribution in [1.82, 2.24) is 9.97 Å². The van der Waals surface area contributed by atoms with Crippen LogP contribution >= 0.6 is 0 Å². The molecule has 1 aliphatic rings. The van der Waals surface area contributed by atoms with Crippen molar-refractivity contribution in [3.05, 3.63) is 11.9 Å². The van der Waals surface area contributed by atoms with Crippen LogP contribution in [0.4, 0.5) is 11.6 Å². The summed E-state index contributed by atoms with van der Waals surface area (Å²) in [7, 11) is 0. The van der Waals surface area contributed by atoms with Gasteiger partial charge in [0.1, 0.15) is 23.2 Å². The van der Waals surface area contributed by atoms with Crippen molar-refractivity contribution in [2.75, 3.05) is 23.3 Å². The van der Waals surface area contributed by atoms with E-state index >= 15 is 0 Å². The number of nitrogens with one attached hydrogen (secondary N) is 1. The van der Waals surface area contributed by atoms with E-state index in [0.717, 1.165) is 37.0 Å². The standard InChI is InChI=1S/C14H22N4O/c1-4-10(2)15-13-9-14(17-11(3)16-13)18-7-5-12(19)6-8-18/h9-10H,4-8H2,1-3H3,(H,15,16,17). The number of aromatic nitrogens is 2. The average Bonchev–Trinajstić information content (AvgIpc) is 2.38. The molecule has 1 N–H and O–H groups in total. The van der Waals surface area contributed by atoms with Crippen molar-refractivity contribution in [2.24, 2.45) is 0 Å². The number of carbonyl (C=O) groups excluding carboxylic acids is 1. The first-order valence-electron chi connectivity index (χ1n) is 6.97. The second-order valence-corrected chi connectivity index (χ2v) is 5.14. The van der Waals surface area contributed by atoms with Gasteiger partial charge in [0.2, 0.25) is 0 Å². The Hall–Kier alpha value is -1.65. The van der Waals surface area contributed by atoms with Gasteiger partial charge in [-0.05, 0) is 20.3 Å². The third kappa shape index (κ3) is 3.66. The molecule has 1 aromatic heterocycles. The van der Waals surface area contributed by atoms with E-state index in [1.807, 2.05) is 13.0 Å². The van der Waals surface area contributed by atoms with E-state index in [-0.39, 0.29) is 0 Å². The maximum atomic E-state index is 11.3. The van der Waals surface area contributed by atoms with E-state index in [4.69, 9.17) is 0 Å². The fourth-order valence-electron chi connectivity index (χ4n) is 2.13. The molecule has 0 amide bonds. The highest BCUT2D eigenvalue weighted by atomic mass is 16.1. The number of ketones is 1. The van der Waals surface area contributed by atoms with E-state index in [1.165, 1.54) is 0 Å². The number of aryl methyl sites for hydroxylation is 1. The minimum atomic E-state index is 0.347. The zero-order chi connectivity index (χ0) is 13.8. The van der Waals surface area contributed by atoms with Crippen LogP contribution in [0.2, 0.25) is 0 Å². The van der Waals surface area contributed by atoms with Crippen molar-refractivity contribution in [3.8, 4) is 0 Å². The van der Waals surface area contributed by atoms with E-state index in [0.29, 0.717) is 24.7 Å². The molecule has 0 saturated carbocycles. The first kappa shape index (κ1) is 13.8. The molecule has 0 radical (unpaired) electrons. The highest BCUT2D eigenvalue weighted by Gasteiger charge is 2.18. The number of nitrogens with zero attached hydrogens (tertiary/aromatic N) is 3. The molecule has 5 heteroatoms. The molecule has 1 saturated heterocycles. The van der Waals surface area contributed by atoms with Crippen LogP contribution in [-0.4, -0.2) is 34.9 Å². The summed E-state index contributed by atoms with van der Waals surface area (Å²) in [6.45, 7) is 7.70. The van der Waals surface area contributed by atoms with Crippen LogP contribution in [0.1, 0.15) is 38.9 Å². The van der Waals surface area contributed by atoms with Gasteiger partial charge in [0.25, 0.3) is 0 Å². The molecular weight excluding hydrogens is 240 g/mol. The molecule has 1 fully saturated rings. The fraction of sp³-hybridized carbons (Fsp3) is 0.643. The second-order valence-electron chi connectivity index (χ2n) is 5.14. The Morgan fingerprint density at radius 1 is 1.37 bits per heavy atom. The quantitative estimate of drug-likeness (QED) is 0.901. The lowest BCUT2D eigenvalue weighted by molar-refractivity contribution is -0.119. The highest BCUT2D eigenvalue weighted by molar-refractivity contribution is 5.80. The van der Waals surface area contributed by atoms with Crippen molar-refractivity contribution < 1.29 is 4.79 Å². The molecular formula is C14H22N4O. The molecule has 104 valence electrons. The summed E-state index contributed by atoms with van der Waals surface area (Å²) in [5.74, 6) is 2.90. The predicted octanol–water partition coefficient (Wildman–Crippen LogP) is 2.16. The Kier molecular flexibility index (Phi) is 4.35. The Balaban J connectivity index is 2.14. The van der Waals surface area contributed by atoms with E-state index in [9.17, 15) is 4.79 Å². The first-order chi connectivity index (χ1) is 9.08. The Labute approximate surface area is 114 Å². The molecule has 2 rings (SSSR count). The van der Waals surface area contributed by atoms with Gasteiger partial charge >= 0.3 is 0 Å². The summed E-state index contributed by atoms with van der Waals surface area (Å²) in [5.41, 5.74) is 0. The summed E-state index contributed by atoms with van der Waals surface area (Å²) in [6.07, 6.45) is 2.30. The van der Waals surface area contributed by atoms with Gasteiger partial charge < -0.3 is 10.2 Å². The number of piperidine rings is 1. The van der Waals surface area contributed by atoms with Crippen molar-refractivity contribution >= 4 is 17.4 Å². The third-order valence-electron chi connectivity index (χ3n) is 3.48. The Morgan fingerprint density at radius 3 is 2.68 bits per heavy atom. The van der Waals surface area contributed by atoms with Gasteiger partial charge in [-0.3, -0.25) is 4.79 Å². The van der Waals surface area contributed by atoms with Crippen LogP contribution in [0.25, 0.3) is 0 Å². The molecule has 1 atom stereocenters. The zero-order valence-electron chi connectivity index (χ0n) is 11.9. The summed E-state index contributed by atoms with van der Waals surface area (Å²) in [4.78, 5) is 22.3. The maximum Gasteiger partial charge on any atom is 0.136 e. The number of rotatable bonds is 4. The normalized spacial score (nSPS) is 17.4. The largest absolute Gasteiger partial charge is 0.367 e.